The summed E-state index contributed by atoms with van der Waals surface area (Å²) < 4.78 is 0.872. The molecule has 0 bridgehead atoms. The van der Waals surface area contributed by atoms with E-state index in [1.807, 2.05) is 13.8 Å². The van der Waals surface area contributed by atoms with E-state index >= 15 is 0 Å². The minimum absolute atomic E-state index is 0.492. The van der Waals surface area contributed by atoms with E-state index in [0.29, 0.717) is 5.92 Å². The highest BCUT2D eigenvalue weighted by molar-refractivity contribution is 5.30. The van der Waals surface area contributed by atoms with Gasteiger partial charge in [0.1, 0.15) is 0 Å². The van der Waals surface area contributed by atoms with Crippen LogP contribution in [0.4, 0.5) is 0 Å². The maximum atomic E-state index is 11.0. The summed E-state index contributed by atoms with van der Waals surface area (Å²) in [6.07, 6.45) is 3.25. The molecule has 0 atom stereocenters. The topological polar surface area (TPSA) is 26.9 Å². The molecule has 0 amide bonds. The maximum absolute atomic E-state index is 11.0. The molecule has 1 aromatic heterocycles. The second-order valence-electron chi connectivity index (χ2n) is 3.55. The Hall–Kier alpha value is -1.05. The van der Waals surface area contributed by atoms with Crippen LogP contribution in [0.25, 0.3) is 0 Å². The Morgan fingerprint density at radius 2 is 1.58 bits per heavy atom. The van der Waals surface area contributed by atoms with Gasteiger partial charge in [0.15, 0.2) is 12.4 Å². The maximum Gasteiger partial charge on any atom is 0.183 e. The molecule has 0 fully saturated rings. The van der Waals surface area contributed by atoms with Gasteiger partial charge in [0.25, 0.3) is 0 Å². The number of hydrogen-bond acceptors (Lipinski definition) is 1. The lowest BCUT2D eigenvalue weighted by atomic mass is 9.96. The highest BCUT2D eigenvalue weighted by Gasteiger charge is 2.10. The standard InChI is InChI=1S/C10H15NO/c1-7(2)10-8(3)5-11(12)6-9(10)4/h5-7H,1-4H3. The van der Waals surface area contributed by atoms with Gasteiger partial charge in [-0.15, -0.1) is 0 Å². The summed E-state index contributed by atoms with van der Waals surface area (Å²) in [6.45, 7) is 8.25. The van der Waals surface area contributed by atoms with Crippen LogP contribution in [-0.4, -0.2) is 0 Å². The van der Waals surface area contributed by atoms with Crippen molar-refractivity contribution in [2.24, 2.45) is 0 Å². The smallest absolute Gasteiger partial charge is 0.183 e. The Morgan fingerprint density at radius 1 is 1.17 bits per heavy atom. The highest BCUT2D eigenvalue weighted by atomic mass is 16.5. The monoisotopic (exact) mass is 165 g/mol. The normalized spacial score (nSPS) is 10.8. The van der Waals surface area contributed by atoms with Gasteiger partial charge >= 0.3 is 0 Å². The first-order valence-electron chi connectivity index (χ1n) is 4.22. The van der Waals surface area contributed by atoms with E-state index in [4.69, 9.17) is 0 Å². The highest BCUT2D eigenvalue weighted by Crippen LogP contribution is 2.20. The van der Waals surface area contributed by atoms with E-state index < -0.39 is 0 Å². The third kappa shape index (κ3) is 1.58. The molecule has 0 spiro atoms. The molecule has 12 heavy (non-hydrogen) atoms. The van der Waals surface area contributed by atoms with Gasteiger partial charge in [-0.2, -0.15) is 4.73 Å². The quantitative estimate of drug-likeness (QED) is 0.462. The largest absolute Gasteiger partial charge is 0.619 e. The van der Waals surface area contributed by atoms with Gasteiger partial charge in [-0.1, -0.05) is 13.8 Å². The summed E-state index contributed by atoms with van der Waals surface area (Å²) in [6, 6.07) is 0. The average Bonchev–Trinajstić information content (AvgIpc) is 1.82. The molecule has 0 aliphatic carbocycles. The van der Waals surface area contributed by atoms with Crippen LogP contribution in [0.5, 0.6) is 0 Å². The van der Waals surface area contributed by atoms with E-state index in [0.717, 1.165) is 15.9 Å². The van der Waals surface area contributed by atoms with Crippen molar-refractivity contribution in [2.45, 2.75) is 33.6 Å². The Kier molecular flexibility index (Phi) is 2.36. The van der Waals surface area contributed by atoms with E-state index in [2.05, 4.69) is 13.8 Å². The van der Waals surface area contributed by atoms with E-state index in [1.54, 1.807) is 12.4 Å². The van der Waals surface area contributed by atoms with Crippen molar-refractivity contribution in [3.8, 4) is 0 Å². The fraction of sp³-hybridized carbons (Fsp3) is 0.500. The molecule has 0 N–H and O–H groups in total. The molecule has 0 aliphatic heterocycles. The zero-order chi connectivity index (χ0) is 9.30. The molecular formula is C10H15NO. The fourth-order valence-corrected chi connectivity index (χ4v) is 1.78. The van der Waals surface area contributed by atoms with Crippen molar-refractivity contribution < 1.29 is 4.73 Å². The molecule has 0 aromatic carbocycles. The van der Waals surface area contributed by atoms with Crippen molar-refractivity contribution in [3.63, 3.8) is 0 Å². The van der Waals surface area contributed by atoms with Crippen molar-refractivity contribution in [1.29, 1.82) is 0 Å². The SMILES string of the molecule is Cc1c[n+]([O-])cc(C)c1C(C)C. The molecule has 1 rings (SSSR count). The second-order valence-corrected chi connectivity index (χ2v) is 3.55. The molecule has 0 saturated carbocycles. The predicted molar refractivity (Wildman–Crippen MR) is 49.0 cm³/mol. The number of hydrogen-bond donors (Lipinski definition) is 0. The van der Waals surface area contributed by atoms with Crippen LogP contribution in [0.3, 0.4) is 0 Å². The minimum atomic E-state index is 0.492. The zero-order valence-corrected chi connectivity index (χ0v) is 8.09. The van der Waals surface area contributed by atoms with Crippen LogP contribution in [-0.2, 0) is 0 Å². The Morgan fingerprint density at radius 3 is 1.92 bits per heavy atom. The fourth-order valence-electron chi connectivity index (χ4n) is 1.78. The predicted octanol–water partition coefficient (Wildman–Crippen LogP) is 2.06. The Bertz CT molecular complexity index is 269. The molecule has 0 saturated heterocycles. The summed E-state index contributed by atoms with van der Waals surface area (Å²) in [5.41, 5.74) is 3.46. The molecule has 1 aromatic rings. The summed E-state index contributed by atoms with van der Waals surface area (Å²) in [4.78, 5) is 0. The molecule has 0 radical (unpaired) electrons. The van der Waals surface area contributed by atoms with Crippen molar-refractivity contribution in [2.75, 3.05) is 0 Å². The number of aryl methyl sites for hydroxylation is 2. The molecule has 0 aliphatic rings. The lowest BCUT2D eigenvalue weighted by molar-refractivity contribution is -0.606. The van der Waals surface area contributed by atoms with Gasteiger partial charge in [0, 0.05) is 11.1 Å². The molecule has 2 heteroatoms. The number of nitrogens with zero attached hydrogens (tertiary/aromatic N) is 1. The Labute approximate surface area is 73.4 Å². The van der Waals surface area contributed by atoms with Gasteiger partial charge in [-0.25, -0.2) is 0 Å². The molecule has 1 heterocycles. The first-order valence-corrected chi connectivity index (χ1v) is 4.22. The van der Waals surface area contributed by atoms with Gasteiger partial charge in [-0.3, -0.25) is 0 Å². The molecule has 2 nitrogen and oxygen atoms in total. The number of rotatable bonds is 1. The Balaban J connectivity index is 3.28. The summed E-state index contributed by atoms with van der Waals surface area (Å²) >= 11 is 0. The van der Waals surface area contributed by atoms with E-state index in [1.165, 1.54) is 5.56 Å². The van der Waals surface area contributed by atoms with Crippen LogP contribution in [0, 0.1) is 19.1 Å². The van der Waals surface area contributed by atoms with Crippen LogP contribution < -0.4 is 4.73 Å². The van der Waals surface area contributed by atoms with Crippen molar-refractivity contribution in [3.05, 3.63) is 34.3 Å². The number of aromatic nitrogens is 1. The molecule has 66 valence electrons. The third-order valence-corrected chi connectivity index (χ3v) is 2.07. The van der Waals surface area contributed by atoms with Gasteiger partial charge in [-0.05, 0) is 25.3 Å². The van der Waals surface area contributed by atoms with Gasteiger partial charge in [0.2, 0.25) is 0 Å². The van der Waals surface area contributed by atoms with Gasteiger partial charge < -0.3 is 5.21 Å². The molecular weight excluding hydrogens is 150 g/mol. The third-order valence-electron chi connectivity index (χ3n) is 2.07. The van der Waals surface area contributed by atoms with Crippen LogP contribution in [0.1, 0.15) is 36.5 Å². The van der Waals surface area contributed by atoms with Crippen molar-refractivity contribution >= 4 is 0 Å². The zero-order valence-electron chi connectivity index (χ0n) is 8.09. The average molecular weight is 165 g/mol. The van der Waals surface area contributed by atoms with Gasteiger partial charge in [0.05, 0.1) is 0 Å². The second kappa shape index (κ2) is 3.13. The van der Waals surface area contributed by atoms with Crippen LogP contribution in [0.2, 0.25) is 0 Å². The number of pyridine rings is 1. The summed E-state index contributed by atoms with van der Waals surface area (Å²) in [7, 11) is 0. The van der Waals surface area contributed by atoms with Crippen LogP contribution >= 0.6 is 0 Å². The van der Waals surface area contributed by atoms with E-state index in [9.17, 15) is 5.21 Å². The first kappa shape index (κ1) is 9.04. The molecule has 0 unspecified atom stereocenters. The van der Waals surface area contributed by atoms with Crippen LogP contribution in [0.15, 0.2) is 12.4 Å². The summed E-state index contributed by atoms with van der Waals surface area (Å²) in [5, 5.41) is 11.0. The lowest BCUT2D eigenvalue weighted by Crippen LogP contribution is -2.26. The minimum Gasteiger partial charge on any atom is -0.619 e. The first-order chi connectivity index (χ1) is 5.52. The summed E-state index contributed by atoms with van der Waals surface area (Å²) in [5.74, 6) is 0.492. The lowest BCUT2D eigenvalue weighted by Gasteiger charge is -2.11. The van der Waals surface area contributed by atoms with Crippen molar-refractivity contribution in [1.82, 2.24) is 0 Å². The van der Waals surface area contributed by atoms with E-state index in [-0.39, 0.29) is 0 Å².